The Kier molecular flexibility index (Phi) is 4.69. The molecule has 0 bridgehead atoms. The highest BCUT2D eigenvalue weighted by molar-refractivity contribution is 6.77. The van der Waals surface area contributed by atoms with Gasteiger partial charge in [0.2, 0.25) is 5.78 Å². The van der Waals surface area contributed by atoms with Gasteiger partial charge >= 0.3 is 0 Å². The van der Waals surface area contributed by atoms with Crippen LogP contribution in [0.1, 0.15) is 6.92 Å². The van der Waals surface area contributed by atoms with Crippen molar-refractivity contribution in [2.24, 2.45) is 0 Å². The van der Waals surface area contributed by atoms with E-state index < -0.39 is 9.58 Å². The maximum Gasteiger partial charge on any atom is 0.252 e. The lowest BCUT2D eigenvalue weighted by atomic mass is 10.2. The molecule has 1 rings (SSSR count). The van der Waals surface area contributed by atoms with Gasteiger partial charge < -0.3 is 11.1 Å². The second kappa shape index (κ2) is 5.63. The Morgan fingerprint density at radius 2 is 1.94 bits per heavy atom. The fourth-order valence-electron chi connectivity index (χ4n) is 1.14. The molecule has 0 amide bonds. The van der Waals surface area contributed by atoms with Crippen LogP contribution in [0.25, 0.3) is 0 Å². The molecule has 0 aliphatic carbocycles. The first-order chi connectivity index (χ1) is 7.80. The van der Waals surface area contributed by atoms with Crippen LogP contribution in [0.3, 0.4) is 0 Å². The third-order valence-corrected chi connectivity index (χ3v) is 2.48. The van der Waals surface area contributed by atoms with Gasteiger partial charge in [0.1, 0.15) is 0 Å². The Morgan fingerprint density at radius 1 is 1.35 bits per heavy atom. The molecular formula is C11H11Cl3N2O. The van der Waals surface area contributed by atoms with Crippen molar-refractivity contribution in [1.29, 1.82) is 0 Å². The van der Waals surface area contributed by atoms with Gasteiger partial charge in [-0.05, 0) is 19.1 Å². The third kappa shape index (κ3) is 4.46. The predicted molar refractivity (Wildman–Crippen MR) is 73.5 cm³/mol. The number of rotatable bonds is 3. The number of benzene rings is 1. The molecule has 3 nitrogen and oxygen atoms in total. The molecule has 3 N–H and O–H groups in total. The summed E-state index contributed by atoms with van der Waals surface area (Å²) >= 11 is 16.3. The molecule has 92 valence electrons. The van der Waals surface area contributed by atoms with Crippen LogP contribution in [0.4, 0.5) is 11.4 Å². The van der Waals surface area contributed by atoms with Gasteiger partial charge in [-0.25, -0.2) is 0 Å². The Labute approximate surface area is 115 Å². The van der Waals surface area contributed by atoms with Crippen LogP contribution in [-0.2, 0) is 4.79 Å². The van der Waals surface area contributed by atoms with Gasteiger partial charge in [0.15, 0.2) is 0 Å². The van der Waals surface area contributed by atoms with Gasteiger partial charge in [0, 0.05) is 11.8 Å². The monoisotopic (exact) mass is 292 g/mol. The number of nitrogens with one attached hydrogen (secondary N) is 1. The first-order valence-electron chi connectivity index (χ1n) is 4.71. The van der Waals surface area contributed by atoms with E-state index >= 15 is 0 Å². The molecule has 0 fully saturated rings. The van der Waals surface area contributed by atoms with E-state index in [1.54, 1.807) is 19.1 Å². The Morgan fingerprint density at radius 3 is 2.47 bits per heavy atom. The van der Waals surface area contributed by atoms with E-state index in [2.05, 4.69) is 5.32 Å². The molecule has 0 unspecified atom stereocenters. The van der Waals surface area contributed by atoms with Crippen molar-refractivity contribution in [3.8, 4) is 0 Å². The molecule has 0 heterocycles. The first kappa shape index (κ1) is 14.2. The molecule has 17 heavy (non-hydrogen) atoms. The van der Waals surface area contributed by atoms with Crippen molar-refractivity contribution >= 4 is 52.0 Å². The maximum atomic E-state index is 11.4. The van der Waals surface area contributed by atoms with Crippen LogP contribution in [-0.4, -0.2) is 9.58 Å². The van der Waals surface area contributed by atoms with Crippen LogP contribution in [0.2, 0.25) is 0 Å². The minimum absolute atomic E-state index is 0.541. The summed E-state index contributed by atoms with van der Waals surface area (Å²) in [4.78, 5) is 11.4. The van der Waals surface area contributed by atoms with Crippen LogP contribution in [0.5, 0.6) is 0 Å². The zero-order valence-corrected chi connectivity index (χ0v) is 11.3. The molecule has 0 aliphatic rings. The van der Waals surface area contributed by atoms with E-state index in [1.165, 1.54) is 6.08 Å². The Hall–Kier alpha value is -0.900. The molecule has 0 aliphatic heterocycles. The summed E-state index contributed by atoms with van der Waals surface area (Å²) in [5.74, 6) is -0.609. The number of carbonyl (C=O) groups excluding carboxylic acids is 1. The minimum atomic E-state index is -1.94. The van der Waals surface area contributed by atoms with E-state index in [1.807, 2.05) is 12.1 Å². The highest BCUT2D eigenvalue weighted by atomic mass is 35.6. The number of alkyl halides is 3. The number of nitrogen functional groups attached to an aromatic ring is 1. The number of nitrogens with two attached hydrogens (primary N) is 1. The molecule has 6 heteroatoms. The summed E-state index contributed by atoms with van der Waals surface area (Å²) < 4.78 is -1.94. The Balaban J connectivity index is 2.80. The van der Waals surface area contributed by atoms with E-state index in [9.17, 15) is 4.79 Å². The molecule has 0 saturated heterocycles. The van der Waals surface area contributed by atoms with E-state index in [0.717, 1.165) is 0 Å². The topological polar surface area (TPSA) is 55.1 Å². The second-order valence-corrected chi connectivity index (χ2v) is 5.68. The number of halogens is 3. The number of hydrogen-bond donors (Lipinski definition) is 2. The van der Waals surface area contributed by atoms with E-state index in [0.29, 0.717) is 17.1 Å². The molecule has 1 aromatic carbocycles. The van der Waals surface area contributed by atoms with Gasteiger partial charge in [-0.2, -0.15) is 0 Å². The number of anilines is 2. The summed E-state index contributed by atoms with van der Waals surface area (Å²) in [5, 5.41) is 2.95. The summed E-state index contributed by atoms with van der Waals surface area (Å²) in [7, 11) is 0. The summed E-state index contributed by atoms with van der Waals surface area (Å²) in [6, 6.07) is 7.16. The van der Waals surface area contributed by atoms with Crippen molar-refractivity contribution in [1.82, 2.24) is 0 Å². The van der Waals surface area contributed by atoms with Gasteiger partial charge in [-0.1, -0.05) is 46.9 Å². The van der Waals surface area contributed by atoms with Crippen LogP contribution < -0.4 is 11.1 Å². The normalized spacial score (nSPS) is 12.4. The maximum absolute atomic E-state index is 11.4. The fourth-order valence-corrected chi connectivity index (χ4v) is 1.30. The average molecular weight is 294 g/mol. The lowest BCUT2D eigenvalue weighted by Crippen LogP contribution is -2.17. The third-order valence-electron chi connectivity index (χ3n) is 1.92. The lowest BCUT2D eigenvalue weighted by Gasteiger charge is -2.10. The zero-order valence-electron chi connectivity index (χ0n) is 9.01. The molecule has 0 saturated carbocycles. The predicted octanol–water partition coefficient (Wildman–Crippen LogP) is 3.52. The highest BCUT2D eigenvalue weighted by Gasteiger charge is 2.28. The van der Waals surface area contributed by atoms with Gasteiger partial charge in [-0.15, -0.1) is 0 Å². The second-order valence-electron chi connectivity index (χ2n) is 3.40. The molecule has 0 spiro atoms. The summed E-state index contributed by atoms with van der Waals surface area (Å²) in [5.41, 5.74) is 7.54. The van der Waals surface area contributed by atoms with Gasteiger partial charge in [0.25, 0.3) is 3.79 Å². The zero-order chi connectivity index (χ0) is 13.1. The van der Waals surface area contributed by atoms with Gasteiger partial charge in [0.05, 0.1) is 11.4 Å². The van der Waals surface area contributed by atoms with E-state index in [-0.39, 0.29) is 0 Å². The number of hydrogen-bond acceptors (Lipinski definition) is 3. The number of para-hydroxylation sites is 2. The smallest absolute Gasteiger partial charge is 0.252 e. The summed E-state index contributed by atoms with van der Waals surface area (Å²) in [6.07, 6.45) is 1.22. The molecular weight excluding hydrogens is 282 g/mol. The number of allylic oxidation sites excluding steroid dienone is 2. The fraction of sp³-hybridized carbons (Fsp3) is 0.182. The lowest BCUT2D eigenvalue weighted by molar-refractivity contribution is -0.113. The molecule has 0 atom stereocenters. The first-order valence-corrected chi connectivity index (χ1v) is 5.85. The van der Waals surface area contributed by atoms with Crippen molar-refractivity contribution in [3.63, 3.8) is 0 Å². The highest BCUT2D eigenvalue weighted by Crippen LogP contribution is 2.28. The summed E-state index contributed by atoms with van der Waals surface area (Å²) in [6.45, 7) is 1.68. The van der Waals surface area contributed by atoms with Crippen molar-refractivity contribution < 1.29 is 4.79 Å². The molecule has 0 radical (unpaired) electrons. The van der Waals surface area contributed by atoms with E-state index in [4.69, 9.17) is 40.5 Å². The van der Waals surface area contributed by atoms with Crippen LogP contribution >= 0.6 is 34.8 Å². The largest absolute Gasteiger partial charge is 0.397 e. The van der Waals surface area contributed by atoms with Crippen molar-refractivity contribution in [3.05, 3.63) is 36.0 Å². The van der Waals surface area contributed by atoms with Crippen molar-refractivity contribution in [2.75, 3.05) is 11.1 Å². The van der Waals surface area contributed by atoms with Gasteiger partial charge in [-0.3, -0.25) is 4.79 Å². The Bertz CT molecular complexity index is 452. The van der Waals surface area contributed by atoms with Crippen LogP contribution in [0.15, 0.2) is 36.0 Å². The SMILES string of the molecule is C/C(=C\C(=O)C(Cl)(Cl)Cl)Nc1ccccc1N. The molecule has 1 aromatic rings. The quantitative estimate of drug-likeness (QED) is 0.509. The van der Waals surface area contributed by atoms with Crippen LogP contribution in [0, 0.1) is 0 Å². The number of carbonyl (C=O) groups is 1. The standard InChI is InChI=1S/C11H11Cl3N2O/c1-7(6-10(17)11(12,13)14)16-9-5-3-2-4-8(9)15/h2-6,16H,15H2,1H3/b7-6+. The number of ketones is 1. The average Bonchev–Trinajstić information content (AvgIpc) is 2.20. The molecule has 0 aromatic heterocycles. The minimum Gasteiger partial charge on any atom is -0.397 e. The van der Waals surface area contributed by atoms with Crippen molar-refractivity contribution in [2.45, 2.75) is 10.7 Å².